The molecule has 0 amide bonds. The van der Waals surface area contributed by atoms with Gasteiger partial charge in [-0.3, -0.25) is 9.36 Å². The predicted octanol–water partition coefficient (Wildman–Crippen LogP) is 4.11. The van der Waals surface area contributed by atoms with Crippen LogP contribution in [0.25, 0.3) is 16.6 Å². The van der Waals surface area contributed by atoms with Gasteiger partial charge in [-0.2, -0.15) is 0 Å². The molecule has 2 aromatic heterocycles. The molecule has 0 aliphatic carbocycles. The maximum Gasteiger partial charge on any atom is 0.255 e. The number of rotatable bonds is 5. The number of nitrogens with one attached hydrogen (secondary N) is 1. The second kappa shape index (κ2) is 6.97. The Balaban J connectivity index is 1.77. The first-order valence-electron chi connectivity index (χ1n) is 7.89. The Morgan fingerprint density at radius 2 is 2.00 bits per heavy atom. The Hall–Kier alpha value is -3.19. The van der Waals surface area contributed by atoms with Crippen LogP contribution in [0, 0.1) is 0 Å². The molecule has 1 N–H and O–H groups in total. The summed E-state index contributed by atoms with van der Waals surface area (Å²) < 4.78 is 15.0. The number of para-hydroxylation sites is 2. The van der Waals surface area contributed by atoms with Gasteiger partial charge in [0.1, 0.15) is 12.0 Å². The lowest BCUT2D eigenvalue weighted by Gasteiger charge is -2.14. The highest BCUT2D eigenvalue weighted by atomic mass is 32.2. The maximum absolute atomic E-state index is 12.5. The molecular weight excluding hydrogens is 350 g/mol. The Kier molecular flexibility index (Phi) is 4.37. The highest BCUT2D eigenvalue weighted by molar-refractivity contribution is 8.00. The van der Waals surface area contributed by atoms with Crippen LogP contribution in [0.3, 0.4) is 0 Å². The van der Waals surface area contributed by atoms with Crippen molar-refractivity contribution in [3.8, 4) is 11.4 Å². The molecule has 4 aromatic rings. The zero-order valence-corrected chi connectivity index (χ0v) is 14.7. The van der Waals surface area contributed by atoms with Crippen LogP contribution in [0.2, 0.25) is 0 Å². The second-order valence-corrected chi connectivity index (χ2v) is 6.37. The zero-order chi connectivity index (χ0) is 17.9. The summed E-state index contributed by atoms with van der Waals surface area (Å²) in [6.45, 7) is 0. The fourth-order valence-corrected chi connectivity index (χ4v) is 3.38. The van der Waals surface area contributed by atoms with Crippen molar-refractivity contribution in [2.24, 2.45) is 0 Å². The average Bonchev–Trinajstić information content (AvgIpc) is 3.20. The van der Waals surface area contributed by atoms with Crippen LogP contribution in [0.5, 0.6) is 5.75 Å². The first kappa shape index (κ1) is 16.3. The van der Waals surface area contributed by atoms with Crippen molar-refractivity contribution in [2.75, 3.05) is 11.8 Å². The molecule has 0 aliphatic heterocycles. The van der Waals surface area contributed by atoms with E-state index in [1.165, 1.54) is 18.2 Å². The first-order chi connectivity index (χ1) is 12.8. The molecule has 0 bridgehead atoms. The van der Waals surface area contributed by atoms with E-state index < -0.39 is 0 Å². The smallest absolute Gasteiger partial charge is 0.255 e. The maximum atomic E-state index is 12.5. The van der Waals surface area contributed by atoms with E-state index in [0.29, 0.717) is 17.3 Å². The Bertz CT molecular complexity index is 1110. The number of benzene rings is 2. The Morgan fingerprint density at radius 1 is 1.12 bits per heavy atom. The van der Waals surface area contributed by atoms with Crippen molar-refractivity contribution in [1.29, 1.82) is 0 Å². The summed E-state index contributed by atoms with van der Waals surface area (Å²) in [4.78, 5) is 13.5. The number of methoxy groups -OCH3 is 1. The van der Waals surface area contributed by atoms with E-state index in [-0.39, 0.29) is 5.56 Å². The SMILES string of the molecule is COc1ccccc1-n1c(=O)ccc2cc(SNc3ccon3)ccc21. The van der Waals surface area contributed by atoms with Gasteiger partial charge in [0.15, 0.2) is 5.82 Å². The molecule has 0 radical (unpaired) electrons. The molecular formula is C19H15N3O3S. The number of nitrogens with zero attached hydrogens (tertiary/aromatic N) is 2. The van der Waals surface area contributed by atoms with Crippen LogP contribution in [0.4, 0.5) is 5.82 Å². The fourth-order valence-electron chi connectivity index (χ4n) is 2.73. The summed E-state index contributed by atoms with van der Waals surface area (Å²) >= 11 is 1.42. The van der Waals surface area contributed by atoms with Crippen LogP contribution in [0.1, 0.15) is 0 Å². The quantitative estimate of drug-likeness (QED) is 0.537. The third-order valence-electron chi connectivity index (χ3n) is 3.90. The highest BCUT2D eigenvalue weighted by Crippen LogP contribution is 2.27. The molecule has 0 spiro atoms. The zero-order valence-electron chi connectivity index (χ0n) is 13.9. The molecule has 4 rings (SSSR count). The number of hydrogen-bond donors (Lipinski definition) is 1. The predicted molar refractivity (Wildman–Crippen MR) is 102 cm³/mol. The summed E-state index contributed by atoms with van der Waals surface area (Å²) in [5.41, 5.74) is 1.42. The molecule has 26 heavy (non-hydrogen) atoms. The van der Waals surface area contributed by atoms with E-state index in [1.807, 2.05) is 48.5 Å². The molecule has 0 saturated carbocycles. The van der Waals surface area contributed by atoms with Gasteiger partial charge in [-0.15, -0.1) is 0 Å². The number of fused-ring (bicyclic) bond motifs is 1. The van der Waals surface area contributed by atoms with E-state index >= 15 is 0 Å². The molecule has 0 aliphatic rings. The Morgan fingerprint density at radius 3 is 2.81 bits per heavy atom. The topological polar surface area (TPSA) is 69.3 Å². The van der Waals surface area contributed by atoms with Gasteiger partial charge in [0, 0.05) is 17.0 Å². The minimum Gasteiger partial charge on any atom is -0.495 e. The van der Waals surface area contributed by atoms with Crippen LogP contribution in [-0.2, 0) is 0 Å². The van der Waals surface area contributed by atoms with Gasteiger partial charge in [0.2, 0.25) is 0 Å². The number of pyridine rings is 1. The van der Waals surface area contributed by atoms with Gasteiger partial charge in [-0.25, -0.2) is 0 Å². The lowest BCUT2D eigenvalue weighted by molar-refractivity contribution is 0.413. The molecule has 0 atom stereocenters. The molecule has 0 saturated heterocycles. The molecule has 6 nitrogen and oxygen atoms in total. The summed E-state index contributed by atoms with van der Waals surface area (Å²) in [5, 5.41) is 4.76. The lowest BCUT2D eigenvalue weighted by atomic mass is 10.2. The first-order valence-corrected chi connectivity index (χ1v) is 8.70. The van der Waals surface area contributed by atoms with Gasteiger partial charge in [0.05, 0.1) is 18.3 Å². The fraction of sp³-hybridized carbons (Fsp3) is 0.0526. The third-order valence-corrected chi connectivity index (χ3v) is 4.70. The van der Waals surface area contributed by atoms with Crippen molar-refractivity contribution in [2.45, 2.75) is 4.90 Å². The van der Waals surface area contributed by atoms with Crippen molar-refractivity contribution in [3.05, 3.63) is 77.3 Å². The standard InChI is InChI=1S/C19H15N3O3S/c1-24-17-5-3-2-4-16(17)22-15-8-7-14(12-13(15)6-9-19(22)23)26-21-18-10-11-25-20-18/h2-12H,1H3,(H,20,21). The van der Waals surface area contributed by atoms with Gasteiger partial charge in [0.25, 0.3) is 5.56 Å². The summed E-state index contributed by atoms with van der Waals surface area (Å²) in [7, 11) is 1.60. The summed E-state index contributed by atoms with van der Waals surface area (Å²) in [5.74, 6) is 1.29. The lowest BCUT2D eigenvalue weighted by Crippen LogP contribution is -2.18. The van der Waals surface area contributed by atoms with Crippen LogP contribution in [-0.4, -0.2) is 16.8 Å². The van der Waals surface area contributed by atoms with E-state index in [2.05, 4.69) is 9.88 Å². The Labute approximate surface area is 153 Å². The van der Waals surface area contributed by atoms with Crippen molar-refractivity contribution >= 4 is 28.7 Å². The largest absolute Gasteiger partial charge is 0.495 e. The molecule has 2 heterocycles. The second-order valence-electron chi connectivity index (χ2n) is 5.49. The average molecular weight is 365 g/mol. The molecule has 0 unspecified atom stereocenters. The van der Waals surface area contributed by atoms with Gasteiger partial charge in [-0.05, 0) is 53.7 Å². The summed E-state index contributed by atoms with van der Waals surface area (Å²) in [6.07, 6.45) is 1.51. The third kappa shape index (κ3) is 3.04. The van der Waals surface area contributed by atoms with E-state index in [1.54, 1.807) is 23.8 Å². The van der Waals surface area contributed by atoms with Crippen LogP contribution in [0.15, 0.2) is 81.1 Å². The number of ether oxygens (including phenoxy) is 1. The molecule has 130 valence electrons. The van der Waals surface area contributed by atoms with Gasteiger partial charge in [-0.1, -0.05) is 17.3 Å². The number of hydrogen-bond acceptors (Lipinski definition) is 6. The van der Waals surface area contributed by atoms with E-state index in [0.717, 1.165) is 15.8 Å². The minimum absolute atomic E-state index is 0.108. The molecule has 2 aromatic carbocycles. The number of anilines is 1. The minimum atomic E-state index is -0.108. The van der Waals surface area contributed by atoms with Crippen molar-refractivity contribution < 1.29 is 9.26 Å². The summed E-state index contributed by atoms with van der Waals surface area (Å²) in [6, 6.07) is 18.5. The van der Waals surface area contributed by atoms with Crippen molar-refractivity contribution in [1.82, 2.24) is 9.72 Å². The van der Waals surface area contributed by atoms with E-state index in [4.69, 9.17) is 9.26 Å². The monoisotopic (exact) mass is 365 g/mol. The van der Waals surface area contributed by atoms with E-state index in [9.17, 15) is 4.79 Å². The van der Waals surface area contributed by atoms with Gasteiger partial charge < -0.3 is 14.0 Å². The van der Waals surface area contributed by atoms with Crippen LogP contribution >= 0.6 is 11.9 Å². The number of aromatic nitrogens is 2. The normalized spacial score (nSPS) is 10.8. The van der Waals surface area contributed by atoms with Gasteiger partial charge >= 0.3 is 0 Å². The highest BCUT2D eigenvalue weighted by Gasteiger charge is 2.10. The molecule has 0 fully saturated rings. The molecule has 7 heteroatoms. The van der Waals surface area contributed by atoms with Crippen LogP contribution < -0.4 is 15.0 Å². The van der Waals surface area contributed by atoms with Crippen molar-refractivity contribution in [3.63, 3.8) is 0 Å².